The number of carboxylic acids is 3. The Labute approximate surface area is 318 Å². The van der Waals surface area contributed by atoms with Gasteiger partial charge in [-0.05, 0) is 93.1 Å². The van der Waals surface area contributed by atoms with Gasteiger partial charge in [0.05, 0.1) is 18.3 Å². The van der Waals surface area contributed by atoms with Crippen LogP contribution in [-0.2, 0) is 20.8 Å². The van der Waals surface area contributed by atoms with Crippen molar-refractivity contribution >= 4 is 28.8 Å². The number of H-pyrrole nitrogens is 1. The van der Waals surface area contributed by atoms with E-state index in [-0.39, 0.29) is 6.04 Å². The monoisotopic (exact) mass is 827 g/mol. The Morgan fingerprint density at radius 3 is 1.95 bits per heavy atom. The molecule has 57 heavy (non-hydrogen) atoms. The number of aromatic nitrogens is 3. The molecule has 4 aromatic rings. The molecule has 1 atom stereocenters. The Balaban J connectivity index is 0.000000438. The average Bonchev–Trinajstić information content (AvgIpc) is 3.50. The minimum absolute atomic E-state index is 0.136. The number of piperidine rings is 1. The van der Waals surface area contributed by atoms with Gasteiger partial charge in [0, 0.05) is 28.9 Å². The van der Waals surface area contributed by atoms with Crippen molar-refractivity contribution in [3.05, 3.63) is 72.2 Å². The molecule has 0 amide bonds. The van der Waals surface area contributed by atoms with Gasteiger partial charge in [0.1, 0.15) is 18.1 Å². The number of nitrogens with two attached hydrogens (primary N) is 1. The molecular weight excluding hydrogens is 789 g/mol. The Kier molecular flexibility index (Phi) is 18.0. The third-order valence-electron chi connectivity index (χ3n) is 7.63. The molecule has 0 unspecified atom stereocenters. The van der Waals surface area contributed by atoms with Crippen LogP contribution in [0, 0.1) is 12.8 Å². The number of hydrogen-bond acceptors (Lipinski definition) is 9. The maximum absolute atomic E-state index is 10.6. The van der Waals surface area contributed by atoms with Crippen LogP contribution in [0.3, 0.4) is 0 Å². The van der Waals surface area contributed by atoms with Gasteiger partial charge in [0.2, 0.25) is 0 Å². The van der Waals surface area contributed by atoms with Crippen molar-refractivity contribution in [1.82, 2.24) is 20.5 Å². The highest BCUT2D eigenvalue weighted by molar-refractivity contribution is 5.86. The normalized spacial score (nSPS) is 13.7. The zero-order chi connectivity index (χ0) is 43.0. The third kappa shape index (κ3) is 17.8. The first kappa shape index (κ1) is 47.5. The Morgan fingerprint density at radius 1 is 0.807 bits per heavy atom. The molecule has 314 valence electrons. The number of ether oxygens (including phenoxy) is 2. The number of nitrogens with zero attached hydrogens (tertiary/aromatic N) is 2. The summed E-state index contributed by atoms with van der Waals surface area (Å²) in [7, 11) is 0. The lowest BCUT2D eigenvalue weighted by Crippen LogP contribution is -2.30. The third-order valence-corrected chi connectivity index (χ3v) is 7.63. The van der Waals surface area contributed by atoms with Gasteiger partial charge >= 0.3 is 36.4 Å². The summed E-state index contributed by atoms with van der Waals surface area (Å²) in [5.41, 5.74) is 11.6. The quantitative estimate of drug-likeness (QED) is 0.0941. The lowest BCUT2D eigenvalue weighted by molar-refractivity contribution is -0.193. The molecule has 1 fully saturated rings. The van der Waals surface area contributed by atoms with Crippen molar-refractivity contribution < 1.29 is 78.7 Å². The number of carboxylic acid groups (broad SMARTS) is 3. The first-order chi connectivity index (χ1) is 26.5. The molecule has 0 spiro atoms. The number of carbonyl (C=O) groups is 3. The van der Waals surface area contributed by atoms with Crippen LogP contribution in [0.2, 0.25) is 0 Å². The van der Waals surface area contributed by atoms with E-state index in [0.29, 0.717) is 12.4 Å². The highest BCUT2D eigenvalue weighted by Gasteiger charge is 2.39. The summed E-state index contributed by atoms with van der Waals surface area (Å²) < 4.78 is 107. The van der Waals surface area contributed by atoms with E-state index in [1.807, 2.05) is 37.4 Å². The maximum Gasteiger partial charge on any atom is 0.490 e. The second-order valence-corrected chi connectivity index (χ2v) is 12.2. The van der Waals surface area contributed by atoms with Gasteiger partial charge in [-0.3, -0.25) is 10.1 Å². The van der Waals surface area contributed by atoms with Crippen LogP contribution in [-0.4, -0.2) is 99.3 Å². The summed E-state index contributed by atoms with van der Waals surface area (Å²) in [6, 6.07) is 16.3. The highest BCUT2D eigenvalue weighted by atomic mass is 19.4. The van der Waals surface area contributed by atoms with Crippen LogP contribution in [0.4, 0.5) is 39.5 Å². The van der Waals surface area contributed by atoms with Gasteiger partial charge in [0.15, 0.2) is 0 Å². The number of alkyl halides is 9. The van der Waals surface area contributed by atoms with E-state index in [2.05, 4.69) is 44.8 Å². The first-order valence-electron chi connectivity index (χ1n) is 16.6. The fourth-order valence-electron chi connectivity index (χ4n) is 4.81. The first-order valence-corrected chi connectivity index (χ1v) is 16.6. The van der Waals surface area contributed by atoms with Crippen molar-refractivity contribution in [3.63, 3.8) is 0 Å². The summed E-state index contributed by atoms with van der Waals surface area (Å²) in [5.74, 6) is -5.88. The number of pyridine rings is 1. The number of halogens is 9. The van der Waals surface area contributed by atoms with Crippen LogP contribution < -0.4 is 20.5 Å². The number of nitrogens with one attached hydrogen (secondary N) is 2. The number of aromatic amines is 1. The van der Waals surface area contributed by atoms with Crippen LogP contribution in [0.5, 0.6) is 11.5 Å². The summed E-state index contributed by atoms with van der Waals surface area (Å²) >= 11 is 0. The molecule has 2 aromatic heterocycles. The SMILES string of the molecule is Cc1[nH]nc2ccc(-c3cncc(OC[C@@H](N)Cc4cccc(OCCC5CCNCC5)c4)c3)cc12.O=C(O)C(F)(F)F.O=C(O)C(F)(F)F.O=C(O)C(F)(F)F. The number of rotatable bonds is 10. The van der Waals surface area contributed by atoms with Crippen molar-refractivity contribution in [2.24, 2.45) is 11.7 Å². The molecule has 1 aliphatic rings. The largest absolute Gasteiger partial charge is 0.494 e. The van der Waals surface area contributed by atoms with Crippen LogP contribution in [0.15, 0.2) is 60.9 Å². The van der Waals surface area contributed by atoms with Gasteiger partial charge in [0.25, 0.3) is 0 Å². The molecule has 0 aliphatic carbocycles. The fraction of sp³-hybridized carbons (Fsp3) is 0.400. The molecular formula is C35H38F9N5O8. The van der Waals surface area contributed by atoms with Gasteiger partial charge in [-0.1, -0.05) is 18.2 Å². The molecule has 13 nitrogen and oxygen atoms in total. The minimum Gasteiger partial charge on any atom is -0.494 e. The Hall–Kier alpha value is -5.64. The van der Waals surface area contributed by atoms with E-state index in [1.54, 1.807) is 6.20 Å². The van der Waals surface area contributed by atoms with Crippen molar-refractivity contribution in [1.29, 1.82) is 0 Å². The van der Waals surface area contributed by atoms with Gasteiger partial charge in [-0.15, -0.1) is 0 Å². The van der Waals surface area contributed by atoms with E-state index in [1.165, 1.54) is 12.8 Å². The molecule has 0 bridgehead atoms. The van der Waals surface area contributed by atoms with Crippen LogP contribution in [0.1, 0.15) is 30.5 Å². The molecule has 5 rings (SSSR count). The van der Waals surface area contributed by atoms with Gasteiger partial charge < -0.3 is 35.8 Å². The fourth-order valence-corrected chi connectivity index (χ4v) is 4.81. The number of aliphatic carboxylic acids is 3. The second-order valence-electron chi connectivity index (χ2n) is 12.2. The maximum atomic E-state index is 10.6. The predicted molar refractivity (Wildman–Crippen MR) is 184 cm³/mol. The number of fused-ring (bicyclic) bond motifs is 1. The van der Waals surface area contributed by atoms with E-state index in [0.717, 1.165) is 77.5 Å². The van der Waals surface area contributed by atoms with E-state index in [4.69, 9.17) is 44.9 Å². The lowest BCUT2D eigenvalue weighted by Gasteiger charge is -2.22. The topological polar surface area (TPSA) is 210 Å². The molecule has 7 N–H and O–H groups in total. The van der Waals surface area contributed by atoms with Crippen molar-refractivity contribution in [2.45, 2.75) is 57.2 Å². The molecule has 2 aromatic carbocycles. The Bertz CT molecular complexity index is 1840. The number of aryl methyl sites for hydroxylation is 1. The Morgan fingerprint density at radius 2 is 1.39 bits per heavy atom. The molecule has 22 heteroatoms. The van der Waals surface area contributed by atoms with E-state index in [9.17, 15) is 39.5 Å². The summed E-state index contributed by atoms with van der Waals surface area (Å²) in [6.07, 6.45) is -7.35. The standard InChI is InChI=1S/C29H35N5O2.3C2HF3O2/c1-20-28-16-23(5-6-29(28)34-33-20)24-15-27(18-32-17-24)36-19-25(30)13-22-3-2-4-26(14-22)35-12-9-21-7-10-31-11-8-21;3*3-2(4,5)1(6)7/h2-6,14-18,21,25,31H,7-13,19,30H2,1H3,(H,33,34);3*(H,6,7)/t25-;;;/m0.../s1. The summed E-state index contributed by atoms with van der Waals surface area (Å²) in [5, 5.41) is 33.2. The summed E-state index contributed by atoms with van der Waals surface area (Å²) in [4.78, 5) is 31.1. The zero-order valence-electron chi connectivity index (χ0n) is 29.8. The predicted octanol–water partition coefficient (Wildman–Crippen LogP) is 6.55. The molecule has 1 saturated heterocycles. The van der Waals surface area contributed by atoms with Gasteiger partial charge in [-0.2, -0.15) is 44.6 Å². The molecule has 1 aliphatic heterocycles. The van der Waals surface area contributed by atoms with Gasteiger partial charge in [-0.25, -0.2) is 14.4 Å². The van der Waals surface area contributed by atoms with Crippen molar-refractivity contribution in [2.75, 3.05) is 26.3 Å². The zero-order valence-corrected chi connectivity index (χ0v) is 29.8. The molecule has 0 saturated carbocycles. The highest BCUT2D eigenvalue weighted by Crippen LogP contribution is 2.27. The lowest BCUT2D eigenvalue weighted by atomic mass is 9.95. The number of hydrogen-bond donors (Lipinski definition) is 6. The van der Waals surface area contributed by atoms with Crippen LogP contribution >= 0.6 is 0 Å². The van der Waals surface area contributed by atoms with Crippen molar-refractivity contribution in [3.8, 4) is 22.6 Å². The smallest absolute Gasteiger partial charge is 0.490 e. The van der Waals surface area contributed by atoms with Crippen LogP contribution in [0.25, 0.3) is 22.0 Å². The average molecular weight is 828 g/mol. The second kappa shape index (κ2) is 21.6. The minimum atomic E-state index is -5.08. The van der Waals surface area contributed by atoms with E-state index < -0.39 is 36.4 Å². The molecule has 0 radical (unpaired) electrons. The number of benzene rings is 2. The van der Waals surface area contributed by atoms with E-state index >= 15 is 0 Å². The summed E-state index contributed by atoms with van der Waals surface area (Å²) in [6.45, 7) is 5.45. The molecule has 3 heterocycles.